The Kier molecular flexibility index (Phi) is 5.17. The Hall–Kier alpha value is -2.24. The number of aliphatic hydroxyl groups is 1. The van der Waals surface area contributed by atoms with E-state index >= 15 is 0 Å². The number of nitro groups is 1. The number of hydrogen-bond acceptors (Lipinski definition) is 7. The molecule has 102 valence electrons. The normalized spacial score (nSPS) is 11.7. The summed E-state index contributed by atoms with van der Waals surface area (Å²) in [7, 11) is 3.13. The number of methoxy groups -OCH3 is 1. The first-order valence-corrected chi connectivity index (χ1v) is 5.43. The highest BCUT2D eigenvalue weighted by Crippen LogP contribution is 2.20. The van der Waals surface area contributed by atoms with Crippen LogP contribution in [-0.4, -0.2) is 48.4 Å². The summed E-state index contributed by atoms with van der Waals surface area (Å²) in [4.78, 5) is 15.5. The van der Waals surface area contributed by atoms with Crippen LogP contribution < -0.4 is 4.90 Å². The van der Waals surface area contributed by atoms with E-state index in [-0.39, 0.29) is 24.5 Å². The molecule has 1 atom stereocenters. The second kappa shape index (κ2) is 6.63. The average Bonchev–Trinajstić information content (AvgIpc) is 2.37. The maximum Gasteiger partial charge on any atom is 0.305 e. The van der Waals surface area contributed by atoms with Gasteiger partial charge in [0.25, 0.3) is 0 Å². The van der Waals surface area contributed by atoms with Crippen LogP contribution in [0, 0.1) is 21.4 Å². The molecule has 1 heterocycles. The molecule has 1 aromatic rings. The monoisotopic (exact) mass is 266 g/mol. The van der Waals surface area contributed by atoms with E-state index in [9.17, 15) is 15.2 Å². The van der Waals surface area contributed by atoms with Crippen LogP contribution in [0.4, 0.5) is 11.5 Å². The number of anilines is 1. The molecule has 1 N–H and O–H groups in total. The molecule has 0 saturated carbocycles. The van der Waals surface area contributed by atoms with Crippen molar-refractivity contribution in [1.82, 2.24) is 4.98 Å². The van der Waals surface area contributed by atoms with E-state index in [0.717, 1.165) is 0 Å². The second-order valence-electron chi connectivity index (χ2n) is 3.90. The third-order valence-corrected chi connectivity index (χ3v) is 2.40. The van der Waals surface area contributed by atoms with Crippen molar-refractivity contribution in [3.8, 4) is 6.07 Å². The molecule has 0 aliphatic heterocycles. The summed E-state index contributed by atoms with van der Waals surface area (Å²) in [6.45, 7) is 0.409. The Morgan fingerprint density at radius 1 is 1.68 bits per heavy atom. The van der Waals surface area contributed by atoms with Crippen molar-refractivity contribution in [3.63, 3.8) is 0 Å². The van der Waals surface area contributed by atoms with Gasteiger partial charge in [0.2, 0.25) is 5.69 Å². The van der Waals surface area contributed by atoms with Gasteiger partial charge in [-0.05, 0) is 6.07 Å². The van der Waals surface area contributed by atoms with E-state index in [1.807, 2.05) is 0 Å². The molecule has 0 fully saturated rings. The molecule has 0 aliphatic carbocycles. The summed E-state index contributed by atoms with van der Waals surface area (Å²) in [6.07, 6.45) is -0.711. The highest BCUT2D eigenvalue weighted by atomic mass is 16.6. The van der Waals surface area contributed by atoms with Crippen molar-refractivity contribution in [2.75, 3.05) is 32.2 Å². The molecular formula is C11H14N4O4. The van der Waals surface area contributed by atoms with Crippen LogP contribution in [0.5, 0.6) is 0 Å². The van der Waals surface area contributed by atoms with Crippen LogP contribution in [0.15, 0.2) is 12.1 Å². The fraction of sp³-hybridized carbons (Fsp3) is 0.455. The standard InChI is InChI=1S/C11H14N4O4/c1-14(6-8(16)7-19-2)11-4-3-10(15(17)18)9(5-12)13-11/h3-4,8,16H,6-7H2,1-2H3. The molecule has 0 amide bonds. The quantitative estimate of drug-likeness (QED) is 0.582. The van der Waals surface area contributed by atoms with Crippen molar-refractivity contribution in [2.45, 2.75) is 6.10 Å². The largest absolute Gasteiger partial charge is 0.389 e. The lowest BCUT2D eigenvalue weighted by atomic mass is 10.3. The van der Waals surface area contributed by atoms with E-state index in [1.165, 1.54) is 19.2 Å². The molecule has 0 bridgehead atoms. The van der Waals surface area contributed by atoms with Crippen molar-refractivity contribution in [1.29, 1.82) is 5.26 Å². The number of aliphatic hydroxyl groups excluding tert-OH is 1. The van der Waals surface area contributed by atoms with E-state index in [0.29, 0.717) is 5.82 Å². The van der Waals surface area contributed by atoms with Gasteiger partial charge in [-0.3, -0.25) is 10.1 Å². The predicted molar refractivity (Wildman–Crippen MR) is 66.8 cm³/mol. The van der Waals surface area contributed by atoms with Gasteiger partial charge in [-0.25, -0.2) is 4.98 Å². The maximum absolute atomic E-state index is 10.7. The molecule has 1 aromatic heterocycles. The van der Waals surface area contributed by atoms with E-state index in [2.05, 4.69) is 4.98 Å². The number of aromatic nitrogens is 1. The highest BCUT2D eigenvalue weighted by Gasteiger charge is 2.17. The number of ether oxygens (including phenoxy) is 1. The van der Waals surface area contributed by atoms with Gasteiger partial charge in [0.15, 0.2) is 0 Å². The molecule has 1 unspecified atom stereocenters. The molecular weight excluding hydrogens is 252 g/mol. The van der Waals surface area contributed by atoms with Crippen LogP contribution >= 0.6 is 0 Å². The van der Waals surface area contributed by atoms with Gasteiger partial charge >= 0.3 is 5.69 Å². The first-order valence-electron chi connectivity index (χ1n) is 5.43. The molecule has 0 aliphatic rings. The van der Waals surface area contributed by atoms with Crippen LogP contribution in [0.2, 0.25) is 0 Å². The zero-order valence-corrected chi connectivity index (χ0v) is 10.6. The second-order valence-corrected chi connectivity index (χ2v) is 3.90. The topological polar surface area (TPSA) is 113 Å². The van der Waals surface area contributed by atoms with E-state index < -0.39 is 11.0 Å². The lowest BCUT2D eigenvalue weighted by molar-refractivity contribution is -0.385. The Balaban J connectivity index is 2.90. The minimum atomic E-state index is -0.711. The number of likely N-dealkylation sites (N-methyl/N-ethyl adjacent to an activating group) is 1. The minimum Gasteiger partial charge on any atom is -0.389 e. The highest BCUT2D eigenvalue weighted by molar-refractivity contribution is 5.51. The van der Waals surface area contributed by atoms with Crippen LogP contribution in [-0.2, 0) is 4.74 Å². The van der Waals surface area contributed by atoms with Crippen molar-refractivity contribution >= 4 is 11.5 Å². The van der Waals surface area contributed by atoms with Gasteiger partial charge in [0.1, 0.15) is 11.9 Å². The fourth-order valence-corrected chi connectivity index (χ4v) is 1.54. The summed E-state index contributed by atoms with van der Waals surface area (Å²) < 4.78 is 4.80. The number of nitrogens with zero attached hydrogens (tertiary/aromatic N) is 4. The van der Waals surface area contributed by atoms with Crippen molar-refractivity contribution < 1.29 is 14.8 Å². The van der Waals surface area contributed by atoms with Crippen LogP contribution in [0.25, 0.3) is 0 Å². The maximum atomic E-state index is 10.7. The predicted octanol–water partition coefficient (Wildman–Crippen LogP) is 0.305. The zero-order chi connectivity index (χ0) is 14.4. The van der Waals surface area contributed by atoms with E-state index in [1.54, 1.807) is 18.0 Å². The Morgan fingerprint density at radius 3 is 2.89 bits per heavy atom. The van der Waals surface area contributed by atoms with Gasteiger partial charge in [-0.15, -0.1) is 0 Å². The van der Waals surface area contributed by atoms with Gasteiger partial charge in [-0.1, -0.05) is 0 Å². The first-order chi connectivity index (χ1) is 8.99. The molecule has 1 rings (SSSR count). The summed E-state index contributed by atoms with van der Waals surface area (Å²) in [5.41, 5.74) is -0.590. The third kappa shape index (κ3) is 3.87. The molecule has 19 heavy (non-hydrogen) atoms. The van der Waals surface area contributed by atoms with Gasteiger partial charge < -0.3 is 14.7 Å². The Morgan fingerprint density at radius 2 is 2.37 bits per heavy atom. The number of rotatable bonds is 6. The van der Waals surface area contributed by atoms with Crippen molar-refractivity contribution in [3.05, 3.63) is 27.9 Å². The summed E-state index contributed by atoms with van der Waals surface area (Å²) in [5.74, 6) is 0.373. The molecule has 0 saturated heterocycles. The van der Waals surface area contributed by atoms with E-state index in [4.69, 9.17) is 10.00 Å². The molecule has 8 nitrogen and oxygen atoms in total. The van der Waals surface area contributed by atoms with Crippen LogP contribution in [0.1, 0.15) is 5.69 Å². The lowest BCUT2D eigenvalue weighted by Gasteiger charge is -2.21. The fourth-order valence-electron chi connectivity index (χ4n) is 1.54. The average molecular weight is 266 g/mol. The Labute approximate surface area is 110 Å². The number of pyridine rings is 1. The smallest absolute Gasteiger partial charge is 0.305 e. The first kappa shape index (κ1) is 14.8. The van der Waals surface area contributed by atoms with Crippen LogP contribution in [0.3, 0.4) is 0 Å². The summed E-state index contributed by atoms with van der Waals surface area (Å²) in [6, 6.07) is 4.34. The lowest BCUT2D eigenvalue weighted by Crippen LogP contribution is -2.32. The Bertz CT molecular complexity index is 500. The molecule has 0 spiro atoms. The SMILES string of the molecule is COCC(O)CN(C)c1ccc([N+](=O)[O-])c(C#N)n1. The minimum absolute atomic E-state index is 0.169. The molecule has 0 radical (unpaired) electrons. The number of nitriles is 1. The number of hydrogen-bond donors (Lipinski definition) is 1. The summed E-state index contributed by atoms with van der Waals surface area (Å²) in [5, 5.41) is 29.1. The van der Waals surface area contributed by atoms with Gasteiger partial charge in [0.05, 0.1) is 17.6 Å². The van der Waals surface area contributed by atoms with Gasteiger partial charge in [0, 0.05) is 26.8 Å². The summed E-state index contributed by atoms with van der Waals surface area (Å²) >= 11 is 0. The van der Waals surface area contributed by atoms with Gasteiger partial charge in [-0.2, -0.15) is 5.26 Å². The zero-order valence-electron chi connectivity index (χ0n) is 10.6. The third-order valence-electron chi connectivity index (χ3n) is 2.40. The molecule has 0 aromatic carbocycles. The van der Waals surface area contributed by atoms with Crippen molar-refractivity contribution in [2.24, 2.45) is 0 Å². The molecule has 8 heteroatoms.